The maximum Gasteiger partial charge on any atom is 0.261 e. The molecule has 0 spiro atoms. The third kappa shape index (κ3) is 4.87. The number of benzene rings is 3. The average Bonchev–Trinajstić information content (AvgIpc) is 3.24. The number of aromatic amines is 1. The highest BCUT2D eigenvalue weighted by molar-refractivity contribution is 5.86. The topological polar surface area (TPSA) is 54.6 Å². The number of amides is 1. The zero-order valence-corrected chi connectivity index (χ0v) is 19.6. The number of H-pyrrole nitrogens is 1. The van der Waals surface area contributed by atoms with E-state index in [0.29, 0.717) is 12.3 Å². The summed E-state index contributed by atoms with van der Waals surface area (Å²) in [5, 5.41) is 1.10. The minimum absolute atomic E-state index is 0.0221. The molecule has 0 saturated heterocycles. The van der Waals surface area contributed by atoms with Crippen LogP contribution in [-0.4, -0.2) is 36.1 Å². The summed E-state index contributed by atoms with van der Waals surface area (Å²) in [4.78, 5) is 18.7. The zero-order chi connectivity index (χ0) is 23.4. The number of nitrogens with zero attached hydrogens (tertiary/aromatic N) is 1. The Kier molecular flexibility index (Phi) is 6.68. The Hall–Kier alpha value is -3.73. The molecule has 1 unspecified atom stereocenters. The standard InChI is InChI=1S/C28H30N2O3/c1-5-30(27(31)18-33-23-15-19(2)14-20(3)16-23)28(21-10-12-22(32-4)13-11-21)25-17-29-26-9-7-6-8-24(25)26/h6-17,28-29H,5,18H2,1-4H3. The lowest BCUT2D eigenvalue weighted by Crippen LogP contribution is -2.38. The Morgan fingerprint density at radius 1 is 0.970 bits per heavy atom. The van der Waals surface area contributed by atoms with E-state index in [1.165, 1.54) is 0 Å². The third-order valence-electron chi connectivity index (χ3n) is 5.88. The summed E-state index contributed by atoms with van der Waals surface area (Å²) in [6, 6.07) is 21.8. The monoisotopic (exact) mass is 442 g/mol. The van der Waals surface area contributed by atoms with Crippen LogP contribution in [0.1, 0.15) is 35.2 Å². The summed E-state index contributed by atoms with van der Waals surface area (Å²) < 4.78 is 11.3. The van der Waals surface area contributed by atoms with Crippen molar-refractivity contribution in [2.24, 2.45) is 0 Å². The van der Waals surface area contributed by atoms with Crippen molar-refractivity contribution >= 4 is 16.8 Å². The number of aryl methyl sites for hydroxylation is 2. The number of nitrogens with one attached hydrogen (secondary N) is 1. The number of hydrogen-bond acceptors (Lipinski definition) is 3. The summed E-state index contributed by atoms with van der Waals surface area (Å²) in [7, 11) is 1.65. The molecule has 1 N–H and O–H groups in total. The molecule has 3 aromatic carbocycles. The van der Waals surface area contributed by atoms with Gasteiger partial charge in [0.25, 0.3) is 5.91 Å². The first-order chi connectivity index (χ1) is 16.0. The van der Waals surface area contributed by atoms with E-state index in [1.54, 1.807) is 7.11 Å². The van der Waals surface area contributed by atoms with Gasteiger partial charge in [0.15, 0.2) is 6.61 Å². The summed E-state index contributed by atoms with van der Waals surface area (Å²) in [5.41, 5.74) is 5.33. The van der Waals surface area contributed by atoms with E-state index in [2.05, 4.69) is 17.1 Å². The van der Waals surface area contributed by atoms with Crippen LogP contribution in [0.15, 0.2) is 72.9 Å². The summed E-state index contributed by atoms with van der Waals surface area (Å²) in [6.45, 7) is 6.57. The highest BCUT2D eigenvalue weighted by Gasteiger charge is 2.28. The molecule has 170 valence electrons. The number of rotatable bonds is 8. The minimum Gasteiger partial charge on any atom is -0.497 e. The Morgan fingerprint density at radius 2 is 1.67 bits per heavy atom. The van der Waals surface area contributed by atoms with E-state index in [4.69, 9.17) is 9.47 Å². The molecule has 1 heterocycles. The van der Waals surface area contributed by atoms with Crippen molar-refractivity contribution in [3.8, 4) is 11.5 Å². The van der Waals surface area contributed by atoms with E-state index in [-0.39, 0.29) is 18.6 Å². The van der Waals surface area contributed by atoms with Gasteiger partial charge in [-0.3, -0.25) is 4.79 Å². The number of ether oxygens (including phenoxy) is 2. The number of likely N-dealkylation sites (N-methyl/N-ethyl adjacent to an activating group) is 1. The van der Waals surface area contributed by atoms with E-state index >= 15 is 0 Å². The first-order valence-corrected chi connectivity index (χ1v) is 11.2. The summed E-state index contributed by atoms with van der Waals surface area (Å²) in [5.74, 6) is 1.43. The molecule has 33 heavy (non-hydrogen) atoms. The number of fused-ring (bicyclic) bond motifs is 1. The van der Waals surface area contributed by atoms with E-state index in [1.807, 2.05) is 86.5 Å². The molecule has 1 aromatic heterocycles. The van der Waals surface area contributed by atoms with Gasteiger partial charge in [0.1, 0.15) is 11.5 Å². The molecule has 1 atom stereocenters. The number of para-hydroxylation sites is 1. The maximum atomic E-state index is 13.5. The molecule has 0 saturated carbocycles. The van der Waals surface area contributed by atoms with Gasteiger partial charge < -0.3 is 19.4 Å². The summed E-state index contributed by atoms with van der Waals surface area (Å²) >= 11 is 0. The fourth-order valence-electron chi connectivity index (χ4n) is 4.38. The van der Waals surface area contributed by atoms with Gasteiger partial charge in [-0.1, -0.05) is 36.4 Å². The van der Waals surface area contributed by atoms with Crippen LogP contribution in [0.4, 0.5) is 0 Å². The number of carbonyl (C=O) groups excluding carboxylic acids is 1. The van der Waals surface area contributed by atoms with Gasteiger partial charge in [-0.25, -0.2) is 0 Å². The molecule has 0 aliphatic rings. The molecule has 0 aliphatic carbocycles. The fourth-order valence-corrected chi connectivity index (χ4v) is 4.38. The maximum absolute atomic E-state index is 13.5. The lowest BCUT2D eigenvalue weighted by atomic mass is 9.96. The van der Waals surface area contributed by atoms with Crippen LogP contribution < -0.4 is 9.47 Å². The van der Waals surface area contributed by atoms with E-state index in [0.717, 1.165) is 38.9 Å². The van der Waals surface area contributed by atoms with Crippen molar-refractivity contribution in [3.63, 3.8) is 0 Å². The SMILES string of the molecule is CCN(C(=O)COc1cc(C)cc(C)c1)C(c1ccc(OC)cc1)c1c[nH]c2ccccc12. The van der Waals surface area contributed by atoms with Gasteiger partial charge >= 0.3 is 0 Å². The highest BCUT2D eigenvalue weighted by Crippen LogP contribution is 2.34. The molecule has 4 aromatic rings. The Bertz CT molecular complexity index is 1220. The van der Waals surface area contributed by atoms with Gasteiger partial charge in [0, 0.05) is 29.2 Å². The fraction of sp³-hybridized carbons (Fsp3) is 0.250. The zero-order valence-electron chi connectivity index (χ0n) is 19.6. The van der Waals surface area contributed by atoms with E-state index < -0.39 is 0 Å². The van der Waals surface area contributed by atoms with Crippen LogP contribution in [0.3, 0.4) is 0 Å². The van der Waals surface area contributed by atoms with Gasteiger partial charge in [0.05, 0.1) is 13.2 Å². The lowest BCUT2D eigenvalue weighted by molar-refractivity contribution is -0.134. The molecule has 4 rings (SSSR count). The Labute approximate surface area is 195 Å². The van der Waals surface area contributed by atoms with Crippen LogP contribution in [0.2, 0.25) is 0 Å². The Morgan fingerprint density at radius 3 is 2.33 bits per heavy atom. The summed E-state index contributed by atoms with van der Waals surface area (Å²) in [6.07, 6.45) is 2.00. The minimum atomic E-state index is -0.257. The van der Waals surface area contributed by atoms with Gasteiger partial charge in [-0.05, 0) is 67.8 Å². The van der Waals surface area contributed by atoms with Gasteiger partial charge in [-0.15, -0.1) is 0 Å². The largest absolute Gasteiger partial charge is 0.497 e. The number of carbonyl (C=O) groups is 1. The first kappa shape index (κ1) is 22.5. The van der Waals surface area contributed by atoms with Crippen molar-refractivity contribution in [2.45, 2.75) is 26.8 Å². The van der Waals surface area contributed by atoms with Crippen LogP contribution in [0, 0.1) is 13.8 Å². The molecule has 5 nitrogen and oxygen atoms in total. The molecule has 0 bridgehead atoms. The van der Waals surface area contributed by atoms with E-state index in [9.17, 15) is 4.79 Å². The molecule has 0 aliphatic heterocycles. The first-order valence-electron chi connectivity index (χ1n) is 11.2. The van der Waals surface area contributed by atoms with Crippen LogP contribution in [0.25, 0.3) is 10.9 Å². The van der Waals surface area contributed by atoms with Crippen molar-refractivity contribution in [1.82, 2.24) is 9.88 Å². The second-order valence-corrected chi connectivity index (χ2v) is 8.26. The lowest BCUT2D eigenvalue weighted by Gasteiger charge is -2.31. The molecule has 0 fully saturated rings. The normalized spacial score (nSPS) is 11.9. The molecule has 5 heteroatoms. The van der Waals surface area contributed by atoms with Gasteiger partial charge in [0.2, 0.25) is 0 Å². The van der Waals surface area contributed by atoms with Crippen LogP contribution in [-0.2, 0) is 4.79 Å². The predicted molar refractivity (Wildman–Crippen MR) is 132 cm³/mol. The molecular weight excluding hydrogens is 412 g/mol. The third-order valence-corrected chi connectivity index (χ3v) is 5.88. The molecule has 0 radical (unpaired) electrons. The van der Waals surface area contributed by atoms with Crippen molar-refractivity contribution < 1.29 is 14.3 Å². The van der Waals surface area contributed by atoms with Crippen molar-refractivity contribution in [1.29, 1.82) is 0 Å². The van der Waals surface area contributed by atoms with Gasteiger partial charge in [-0.2, -0.15) is 0 Å². The second-order valence-electron chi connectivity index (χ2n) is 8.26. The van der Waals surface area contributed by atoms with Crippen LogP contribution >= 0.6 is 0 Å². The number of methoxy groups -OCH3 is 1. The Balaban J connectivity index is 1.68. The van der Waals surface area contributed by atoms with Crippen molar-refractivity contribution in [3.05, 3.63) is 95.2 Å². The molecule has 1 amide bonds. The number of aromatic nitrogens is 1. The molecular formula is C28H30N2O3. The average molecular weight is 443 g/mol. The predicted octanol–water partition coefficient (Wildman–Crippen LogP) is 5.81. The van der Waals surface area contributed by atoms with Crippen LogP contribution in [0.5, 0.6) is 11.5 Å². The van der Waals surface area contributed by atoms with Crippen molar-refractivity contribution in [2.75, 3.05) is 20.3 Å². The highest BCUT2D eigenvalue weighted by atomic mass is 16.5. The quantitative estimate of drug-likeness (QED) is 0.375. The number of hydrogen-bond donors (Lipinski definition) is 1. The second kappa shape index (κ2) is 9.82. The smallest absolute Gasteiger partial charge is 0.261 e.